The van der Waals surface area contributed by atoms with Gasteiger partial charge in [0, 0.05) is 13.7 Å². The van der Waals surface area contributed by atoms with Gasteiger partial charge in [-0.25, -0.2) is 0 Å². The minimum Gasteiger partial charge on any atom is -0.383 e. The largest absolute Gasteiger partial charge is 0.383 e. The molecule has 5 heteroatoms. The fraction of sp³-hybridized carbons (Fsp3) is 0.333. The minimum atomic E-state index is -0.254. The second-order valence-corrected chi connectivity index (χ2v) is 3.76. The van der Waals surface area contributed by atoms with Crippen molar-refractivity contribution >= 4 is 0 Å². The van der Waals surface area contributed by atoms with Crippen molar-refractivity contribution < 1.29 is 4.74 Å². The van der Waals surface area contributed by atoms with Crippen LogP contribution in [-0.2, 0) is 11.3 Å². The molecule has 0 aliphatic carbocycles. The third kappa shape index (κ3) is 2.69. The van der Waals surface area contributed by atoms with E-state index in [0.717, 1.165) is 11.4 Å². The molecule has 0 spiro atoms. The van der Waals surface area contributed by atoms with E-state index < -0.39 is 0 Å². The molecule has 0 bridgehead atoms. The topological polar surface area (TPSA) is 66.0 Å². The molecule has 90 valence electrons. The SMILES string of the molecule is COCCn1cnnc1[C@H](N)c1ccccc1. The molecule has 2 aromatic rings. The van der Waals surface area contributed by atoms with Gasteiger partial charge in [-0.15, -0.1) is 10.2 Å². The van der Waals surface area contributed by atoms with E-state index in [1.807, 2.05) is 34.9 Å². The molecule has 0 aliphatic rings. The Kier molecular flexibility index (Phi) is 3.85. The summed E-state index contributed by atoms with van der Waals surface area (Å²) >= 11 is 0. The molecule has 0 saturated heterocycles. The first kappa shape index (κ1) is 11.8. The van der Waals surface area contributed by atoms with Crippen molar-refractivity contribution in [2.75, 3.05) is 13.7 Å². The molecule has 1 aromatic carbocycles. The Morgan fingerprint density at radius 3 is 2.82 bits per heavy atom. The molecule has 2 N–H and O–H groups in total. The predicted octanol–water partition coefficient (Wildman–Crippen LogP) is 0.973. The van der Waals surface area contributed by atoms with E-state index in [4.69, 9.17) is 10.5 Å². The molecule has 0 saturated carbocycles. The lowest BCUT2D eigenvalue weighted by Crippen LogP contribution is -2.19. The lowest BCUT2D eigenvalue weighted by Gasteiger charge is -2.12. The highest BCUT2D eigenvalue weighted by molar-refractivity contribution is 5.23. The van der Waals surface area contributed by atoms with Gasteiger partial charge in [0.1, 0.15) is 6.33 Å². The molecular weight excluding hydrogens is 216 g/mol. The first-order valence-electron chi connectivity index (χ1n) is 5.50. The average Bonchev–Trinajstić information content (AvgIpc) is 2.84. The summed E-state index contributed by atoms with van der Waals surface area (Å²) < 4.78 is 6.96. The van der Waals surface area contributed by atoms with E-state index in [9.17, 15) is 0 Å². The summed E-state index contributed by atoms with van der Waals surface area (Å²) in [7, 11) is 1.67. The van der Waals surface area contributed by atoms with E-state index in [-0.39, 0.29) is 6.04 Å². The van der Waals surface area contributed by atoms with Gasteiger partial charge in [-0.1, -0.05) is 30.3 Å². The van der Waals surface area contributed by atoms with Crippen LogP contribution < -0.4 is 5.73 Å². The third-order valence-corrected chi connectivity index (χ3v) is 2.62. The molecule has 0 radical (unpaired) electrons. The van der Waals surface area contributed by atoms with Crippen LogP contribution in [-0.4, -0.2) is 28.5 Å². The molecular formula is C12H16N4O. The molecule has 0 amide bonds. The van der Waals surface area contributed by atoms with Crippen molar-refractivity contribution in [1.82, 2.24) is 14.8 Å². The Hall–Kier alpha value is -1.72. The molecule has 1 atom stereocenters. The van der Waals surface area contributed by atoms with E-state index >= 15 is 0 Å². The van der Waals surface area contributed by atoms with Gasteiger partial charge in [0.05, 0.1) is 12.6 Å². The van der Waals surface area contributed by atoms with Gasteiger partial charge in [-0.2, -0.15) is 0 Å². The van der Waals surface area contributed by atoms with E-state index in [0.29, 0.717) is 13.2 Å². The highest BCUT2D eigenvalue weighted by Gasteiger charge is 2.15. The van der Waals surface area contributed by atoms with Crippen LogP contribution in [0, 0.1) is 0 Å². The summed E-state index contributed by atoms with van der Waals surface area (Å²) in [4.78, 5) is 0. The van der Waals surface area contributed by atoms with Crippen molar-refractivity contribution in [1.29, 1.82) is 0 Å². The van der Waals surface area contributed by atoms with Crippen LogP contribution in [0.3, 0.4) is 0 Å². The fourth-order valence-corrected chi connectivity index (χ4v) is 1.68. The molecule has 5 nitrogen and oxygen atoms in total. The molecule has 0 aliphatic heterocycles. The van der Waals surface area contributed by atoms with Gasteiger partial charge in [0.15, 0.2) is 5.82 Å². The lowest BCUT2D eigenvalue weighted by molar-refractivity contribution is 0.186. The summed E-state index contributed by atoms with van der Waals surface area (Å²) in [5.74, 6) is 0.758. The van der Waals surface area contributed by atoms with Crippen molar-refractivity contribution in [3.63, 3.8) is 0 Å². The minimum absolute atomic E-state index is 0.254. The average molecular weight is 232 g/mol. The van der Waals surface area contributed by atoms with Gasteiger partial charge < -0.3 is 15.0 Å². The van der Waals surface area contributed by atoms with Crippen molar-refractivity contribution in [2.24, 2.45) is 5.73 Å². The van der Waals surface area contributed by atoms with Gasteiger partial charge >= 0.3 is 0 Å². The van der Waals surface area contributed by atoms with Crippen LogP contribution in [0.15, 0.2) is 36.7 Å². The molecule has 2 rings (SSSR count). The number of aromatic nitrogens is 3. The maximum atomic E-state index is 6.17. The second-order valence-electron chi connectivity index (χ2n) is 3.76. The second kappa shape index (κ2) is 5.56. The van der Waals surface area contributed by atoms with Crippen molar-refractivity contribution in [2.45, 2.75) is 12.6 Å². The normalized spacial score (nSPS) is 12.6. The molecule has 1 aromatic heterocycles. The number of rotatable bonds is 5. The number of hydrogen-bond donors (Lipinski definition) is 1. The van der Waals surface area contributed by atoms with Gasteiger partial charge in [-0.05, 0) is 5.56 Å². The van der Waals surface area contributed by atoms with Crippen molar-refractivity contribution in [3.8, 4) is 0 Å². The highest BCUT2D eigenvalue weighted by atomic mass is 16.5. The number of ether oxygens (including phenoxy) is 1. The Morgan fingerprint density at radius 2 is 2.12 bits per heavy atom. The standard InChI is InChI=1S/C12H16N4O/c1-17-8-7-16-9-14-15-12(16)11(13)10-5-3-2-4-6-10/h2-6,9,11H,7-8,13H2,1H3/t11-/m1/s1. The molecule has 1 heterocycles. The Bertz CT molecular complexity index is 455. The fourth-order valence-electron chi connectivity index (χ4n) is 1.68. The third-order valence-electron chi connectivity index (χ3n) is 2.62. The molecule has 17 heavy (non-hydrogen) atoms. The van der Waals surface area contributed by atoms with E-state index in [2.05, 4.69) is 10.2 Å². The number of benzene rings is 1. The van der Waals surface area contributed by atoms with Crippen molar-refractivity contribution in [3.05, 3.63) is 48.0 Å². The summed E-state index contributed by atoms with van der Waals surface area (Å²) in [6.07, 6.45) is 1.68. The van der Waals surface area contributed by atoms with Crippen LogP contribution in [0.4, 0.5) is 0 Å². The van der Waals surface area contributed by atoms with Crippen LogP contribution in [0.1, 0.15) is 17.4 Å². The van der Waals surface area contributed by atoms with Crippen LogP contribution in [0.25, 0.3) is 0 Å². The predicted molar refractivity (Wildman–Crippen MR) is 64.4 cm³/mol. The zero-order valence-corrected chi connectivity index (χ0v) is 9.78. The smallest absolute Gasteiger partial charge is 0.154 e. The van der Waals surface area contributed by atoms with Crippen LogP contribution in [0.2, 0.25) is 0 Å². The zero-order valence-electron chi connectivity index (χ0n) is 9.78. The Balaban J connectivity index is 2.19. The van der Waals surface area contributed by atoms with E-state index in [1.54, 1.807) is 13.4 Å². The summed E-state index contributed by atoms with van der Waals surface area (Å²) in [6.45, 7) is 1.33. The maximum absolute atomic E-state index is 6.17. The lowest BCUT2D eigenvalue weighted by atomic mass is 10.1. The number of nitrogens with two attached hydrogens (primary N) is 1. The highest BCUT2D eigenvalue weighted by Crippen LogP contribution is 2.16. The van der Waals surface area contributed by atoms with Crippen LogP contribution >= 0.6 is 0 Å². The summed E-state index contributed by atoms with van der Waals surface area (Å²) in [6, 6.07) is 9.61. The number of nitrogens with zero attached hydrogens (tertiary/aromatic N) is 3. The first-order valence-corrected chi connectivity index (χ1v) is 5.50. The number of methoxy groups -OCH3 is 1. The summed E-state index contributed by atoms with van der Waals surface area (Å²) in [5, 5.41) is 7.98. The summed E-state index contributed by atoms with van der Waals surface area (Å²) in [5.41, 5.74) is 7.20. The zero-order chi connectivity index (χ0) is 12.1. The molecule has 0 unspecified atom stereocenters. The van der Waals surface area contributed by atoms with E-state index in [1.165, 1.54) is 0 Å². The monoisotopic (exact) mass is 232 g/mol. The maximum Gasteiger partial charge on any atom is 0.154 e. The van der Waals surface area contributed by atoms with Gasteiger partial charge in [0.25, 0.3) is 0 Å². The Labute approximate surface area is 100 Å². The van der Waals surface area contributed by atoms with Crippen LogP contribution in [0.5, 0.6) is 0 Å². The quantitative estimate of drug-likeness (QED) is 0.834. The first-order chi connectivity index (χ1) is 8.33. The number of hydrogen-bond acceptors (Lipinski definition) is 4. The molecule has 0 fully saturated rings. The Morgan fingerprint density at radius 1 is 1.35 bits per heavy atom. The van der Waals surface area contributed by atoms with Gasteiger partial charge in [-0.3, -0.25) is 0 Å². The van der Waals surface area contributed by atoms with Gasteiger partial charge in [0.2, 0.25) is 0 Å².